The third-order valence-corrected chi connectivity index (χ3v) is 5.31. The Labute approximate surface area is 111 Å². The second kappa shape index (κ2) is 5.68. The van der Waals surface area contributed by atoms with Gasteiger partial charge < -0.3 is 4.90 Å². The van der Waals surface area contributed by atoms with Crippen molar-refractivity contribution in [3.63, 3.8) is 0 Å². The van der Waals surface area contributed by atoms with Crippen LogP contribution in [0.25, 0.3) is 0 Å². The molecule has 2 nitrogen and oxygen atoms in total. The summed E-state index contributed by atoms with van der Waals surface area (Å²) in [6, 6.07) is 1.34. The fourth-order valence-corrected chi connectivity index (χ4v) is 4.97. The second-order valence-electron chi connectivity index (χ2n) is 5.75. The molecular formula is C13H25BN2S. The zero-order valence-electron chi connectivity index (χ0n) is 11.6. The predicted octanol–water partition coefficient (Wildman–Crippen LogP) is 2.55. The van der Waals surface area contributed by atoms with Gasteiger partial charge in [-0.15, -0.1) is 0 Å². The van der Waals surface area contributed by atoms with Crippen LogP contribution in [0.5, 0.6) is 0 Å². The molecule has 1 saturated heterocycles. The summed E-state index contributed by atoms with van der Waals surface area (Å²) < 4.78 is 0. The van der Waals surface area contributed by atoms with Gasteiger partial charge in [-0.1, -0.05) is 30.4 Å². The lowest BCUT2D eigenvalue weighted by molar-refractivity contribution is 0.259. The molecule has 2 rings (SSSR count). The Hall–Kier alpha value is -0.115. The van der Waals surface area contributed by atoms with E-state index in [4.69, 9.17) is 4.99 Å². The van der Waals surface area contributed by atoms with Crippen LogP contribution in [0.3, 0.4) is 0 Å². The van der Waals surface area contributed by atoms with Crippen molar-refractivity contribution in [3.8, 4) is 0 Å². The fourth-order valence-electron chi connectivity index (χ4n) is 3.17. The van der Waals surface area contributed by atoms with Crippen LogP contribution in [-0.4, -0.2) is 41.8 Å². The van der Waals surface area contributed by atoms with E-state index in [1.165, 1.54) is 30.9 Å². The number of nitrogens with zero attached hydrogens (tertiary/aromatic N) is 2. The van der Waals surface area contributed by atoms with E-state index in [9.17, 15) is 0 Å². The minimum Gasteiger partial charge on any atom is -0.345 e. The number of fused-ring (bicyclic) bond motifs is 1. The Morgan fingerprint density at radius 2 is 2.24 bits per heavy atom. The van der Waals surface area contributed by atoms with Crippen molar-refractivity contribution in [2.24, 2.45) is 4.99 Å². The van der Waals surface area contributed by atoms with Gasteiger partial charge in [-0.3, -0.25) is 4.99 Å². The average molecular weight is 252 g/mol. The van der Waals surface area contributed by atoms with E-state index >= 15 is 0 Å². The molecule has 96 valence electrons. The van der Waals surface area contributed by atoms with Crippen molar-refractivity contribution in [1.82, 2.24) is 4.90 Å². The molecule has 0 amide bonds. The van der Waals surface area contributed by atoms with Gasteiger partial charge in [0.2, 0.25) is 0 Å². The van der Waals surface area contributed by atoms with Gasteiger partial charge in [0.1, 0.15) is 7.85 Å². The summed E-state index contributed by atoms with van der Waals surface area (Å²) >= 11 is 2.05. The lowest BCUT2D eigenvalue weighted by Gasteiger charge is -2.31. The van der Waals surface area contributed by atoms with Crippen molar-refractivity contribution < 1.29 is 0 Å². The average Bonchev–Trinajstić information content (AvgIpc) is 2.47. The first-order chi connectivity index (χ1) is 8.13. The lowest BCUT2D eigenvalue weighted by atomic mass is 9.81. The van der Waals surface area contributed by atoms with Gasteiger partial charge in [-0.25, -0.2) is 0 Å². The monoisotopic (exact) mass is 252 g/mol. The number of rotatable bonds is 2. The molecule has 1 saturated carbocycles. The van der Waals surface area contributed by atoms with Crippen LogP contribution in [0.4, 0.5) is 0 Å². The van der Waals surface area contributed by atoms with E-state index < -0.39 is 0 Å². The smallest absolute Gasteiger partial charge is 0.160 e. The molecule has 0 radical (unpaired) electrons. The third kappa shape index (κ3) is 2.83. The Morgan fingerprint density at radius 3 is 2.88 bits per heavy atom. The summed E-state index contributed by atoms with van der Waals surface area (Å²) in [5.74, 6) is 0.896. The maximum absolute atomic E-state index is 4.71. The van der Waals surface area contributed by atoms with E-state index in [-0.39, 0.29) is 0 Å². The number of amidine groups is 1. The van der Waals surface area contributed by atoms with Crippen molar-refractivity contribution in [3.05, 3.63) is 0 Å². The lowest BCUT2D eigenvalue weighted by Crippen LogP contribution is -2.41. The van der Waals surface area contributed by atoms with E-state index in [0.29, 0.717) is 6.04 Å². The second-order valence-corrected chi connectivity index (χ2v) is 6.96. The van der Waals surface area contributed by atoms with Gasteiger partial charge in [0.25, 0.3) is 0 Å². The maximum Gasteiger partial charge on any atom is 0.160 e. The summed E-state index contributed by atoms with van der Waals surface area (Å²) in [4.78, 5) is 7.31. The largest absolute Gasteiger partial charge is 0.345 e. The molecule has 0 N–H and O–H groups in total. The quantitative estimate of drug-likeness (QED) is 0.702. The molecule has 1 heterocycles. The van der Waals surface area contributed by atoms with Crippen molar-refractivity contribution in [2.75, 3.05) is 6.54 Å². The molecule has 0 aromatic heterocycles. The molecule has 2 fully saturated rings. The zero-order valence-corrected chi connectivity index (χ0v) is 12.5. The van der Waals surface area contributed by atoms with Crippen LogP contribution in [-0.2, 0) is 0 Å². The van der Waals surface area contributed by atoms with E-state index in [0.717, 1.165) is 23.7 Å². The molecule has 2 aliphatic rings. The normalized spacial score (nSPS) is 36.4. The van der Waals surface area contributed by atoms with E-state index in [1.54, 1.807) is 0 Å². The summed E-state index contributed by atoms with van der Waals surface area (Å²) in [6.45, 7) is 7.67. The van der Waals surface area contributed by atoms with Crippen molar-refractivity contribution in [1.29, 1.82) is 0 Å². The van der Waals surface area contributed by atoms with Gasteiger partial charge >= 0.3 is 0 Å². The highest BCUT2D eigenvalue weighted by Crippen LogP contribution is 2.42. The van der Waals surface area contributed by atoms with Crippen molar-refractivity contribution >= 4 is 24.8 Å². The highest BCUT2D eigenvalue weighted by Gasteiger charge is 2.41. The standard InChI is InChI=1S/C13H25BN2S/c1-4-15-13-16(9(2)3)11-7-5-6-10(14)8-12(11)17-13/h9-12H,4-8,14H2,1-3H3/b15-13+. The number of hydrogen-bond acceptors (Lipinski definition) is 2. The molecule has 0 aromatic carbocycles. The maximum atomic E-state index is 4.71. The van der Waals surface area contributed by atoms with Crippen LogP contribution in [0, 0.1) is 0 Å². The first-order valence-electron chi connectivity index (χ1n) is 7.13. The van der Waals surface area contributed by atoms with Crippen LogP contribution >= 0.6 is 11.8 Å². The Kier molecular flexibility index (Phi) is 4.45. The molecule has 17 heavy (non-hydrogen) atoms. The zero-order chi connectivity index (χ0) is 12.4. The molecule has 0 spiro atoms. The predicted molar refractivity (Wildman–Crippen MR) is 80.9 cm³/mol. The molecule has 0 aromatic rings. The van der Waals surface area contributed by atoms with E-state index in [2.05, 4.69) is 33.5 Å². The molecule has 1 aliphatic carbocycles. The molecule has 0 bridgehead atoms. The summed E-state index contributed by atoms with van der Waals surface area (Å²) in [6.07, 6.45) is 5.55. The van der Waals surface area contributed by atoms with Crippen LogP contribution in [0.1, 0.15) is 46.5 Å². The number of hydrogen-bond donors (Lipinski definition) is 0. The van der Waals surface area contributed by atoms with Gasteiger partial charge in [0.15, 0.2) is 5.17 Å². The number of thioether (sulfide) groups is 1. The first kappa shape index (κ1) is 13.3. The number of aliphatic imine (C=N–C) groups is 1. The molecular weight excluding hydrogens is 227 g/mol. The topological polar surface area (TPSA) is 15.6 Å². The highest BCUT2D eigenvalue weighted by molar-refractivity contribution is 8.14. The molecule has 1 aliphatic heterocycles. The minimum atomic E-state index is 0.594. The van der Waals surface area contributed by atoms with Crippen LogP contribution in [0.15, 0.2) is 4.99 Å². The Bertz CT molecular complexity index is 293. The molecule has 4 heteroatoms. The Balaban J connectivity index is 2.19. The van der Waals surface area contributed by atoms with Gasteiger partial charge in [0.05, 0.1) is 0 Å². The minimum absolute atomic E-state index is 0.594. The van der Waals surface area contributed by atoms with Gasteiger partial charge in [-0.2, -0.15) is 0 Å². The van der Waals surface area contributed by atoms with Gasteiger partial charge in [0, 0.05) is 23.9 Å². The fraction of sp³-hybridized carbons (Fsp3) is 0.923. The summed E-state index contributed by atoms with van der Waals surface area (Å²) in [5.41, 5.74) is 0. The Morgan fingerprint density at radius 1 is 1.47 bits per heavy atom. The molecule has 3 unspecified atom stereocenters. The summed E-state index contributed by atoms with van der Waals surface area (Å²) in [7, 11) is 2.41. The van der Waals surface area contributed by atoms with Crippen molar-refractivity contribution in [2.45, 2.75) is 69.6 Å². The third-order valence-electron chi connectivity index (χ3n) is 3.95. The summed E-state index contributed by atoms with van der Waals surface area (Å²) in [5, 5.41) is 2.10. The van der Waals surface area contributed by atoms with Crippen LogP contribution < -0.4 is 0 Å². The highest BCUT2D eigenvalue weighted by atomic mass is 32.2. The van der Waals surface area contributed by atoms with Crippen LogP contribution in [0.2, 0.25) is 5.82 Å². The first-order valence-corrected chi connectivity index (χ1v) is 8.00. The van der Waals surface area contributed by atoms with Gasteiger partial charge in [-0.05, 0) is 33.6 Å². The van der Waals surface area contributed by atoms with E-state index in [1.807, 2.05) is 11.8 Å². The SMILES string of the molecule is BC1CCCC2C(C1)S/C(=N/CC)N2C(C)C. The molecule has 3 atom stereocenters.